The van der Waals surface area contributed by atoms with Gasteiger partial charge in [-0.2, -0.15) is 0 Å². The number of β-amino-alcohol motifs (C(OH)–C–C–N with tert-alkyl or cyclic N) is 1. The summed E-state index contributed by atoms with van der Waals surface area (Å²) in [5.41, 5.74) is 3.51. The molecule has 0 unspecified atom stereocenters. The topological polar surface area (TPSA) is 131 Å². The number of hydrogen-bond donors (Lipinski definition) is 3. The number of aromatic nitrogens is 2. The predicted molar refractivity (Wildman–Crippen MR) is 107 cm³/mol. The fourth-order valence-corrected chi connectivity index (χ4v) is 3.62. The number of aliphatic hydroxyl groups is 1. The summed E-state index contributed by atoms with van der Waals surface area (Å²) in [6, 6.07) is 7.58. The summed E-state index contributed by atoms with van der Waals surface area (Å²) in [5, 5.41) is 11.0. The third-order valence-electron chi connectivity index (χ3n) is 5.07. The van der Waals surface area contributed by atoms with Gasteiger partial charge >= 0.3 is 5.69 Å². The smallest absolute Gasteiger partial charge is 0.328 e. The second-order valence-electron chi connectivity index (χ2n) is 7.42. The molecule has 0 bridgehead atoms. The first-order valence-corrected chi connectivity index (χ1v) is 9.58. The Morgan fingerprint density at radius 3 is 2.86 bits per heavy atom. The lowest BCUT2D eigenvalue weighted by Gasteiger charge is -2.43. The first-order valence-electron chi connectivity index (χ1n) is 9.58. The third kappa shape index (κ3) is 4.75. The van der Waals surface area contributed by atoms with E-state index in [-0.39, 0.29) is 12.5 Å². The molecule has 2 heterocycles. The molecular weight excluding hydrogens is 376 g/mol. The van der Waals surface area contributed by atoms with Crippen LogP contribution in [0.15, 0.2) is 46.1 Å². The van der Waals surface area contributed by atoms with Crippen molar-refractivity contribution in [2.45, 2.75) is 31.4 Å². The van der Waals surface area contributed by atoms with Crippen molar-refractivity contribution >= 4 is 5.91 Å². The van der Waals surface area contributed by atoms with Crippen LogP contribution in [-0.4, -0.2) is 57.3 Å². The van der Waals surface area contributed by atoms with E-state index in [0.29, 0.717) is 37.4 Å². The third-order valence-corrected chi connectivity index (χ3v) is 5.07. The lowest BCUT2D eigenvalue weighted by molar-refractivity contribution is -0.0503. The average molecular weight is 402 g/mol. The molecule has 1 aromatic heterocycles. The maximum absolute atomic E-state index is 12.9. The minimum Gasteiger partial charge on any atom is -0.494 e. The van der Waals surface area contributed by atoms with Crippen LogP contribution in [0.3, 0.4) is 0 Å². The highest BCUT2D eigenvalue weighted by Gasteiger charge is 2.41. The highest BCUT2D eigenvalue weighted by Crippen LogP contribution is 2.31. The molecule has 0 aliphatic carbocycles. The van der Waals surface area contributed by atoms with Crippen LogP contribution in [0, 0.1) is 0 Å². The van der Waals surface area contributed by atoms with Crippen LogP contribution in [-0.2, 0) is 0 Å². The number of nitrogens with zero attached hydrogens (tertiary/aromatic N) is 2. The molecule has 1 saturated heterocycles. The van der Waals surface area contributed by atoms with Crippen LogP contribution in [0.1, 0.15) is 36.2 Å². The lowest BCUT2D eigenvalue weighted by Crippen LogP contribution is -2.56. The van der Waals surface area contributed by atoms with E-state index < -0.39 is 22.9 Å². The summed E-state index contributed by atoms with van der Waals surface area (Å²) in [4.78, 5) is 40.1. The van der Waals surface area contributed by atoms with Gasteiger partial charge < -0.3 is 20.5 Å². The van der Waals surface area contributed by atoms with E-state index in [1.807, 2.05) is 0 Å². The van der Waals surface area contributed by atoms with Crippen molar-refractivity contribution in [1.82, 2.24) is 14.5 Å². The Labute approximate surface area is 167 Å². The van der Waals surface area contributed by atoms with Crippen LogP contribution < -0.4 is 21.7 Å². The molecule has 1 aliphatic heterocycles. The number of nitrogens with one attached hydrogen (secondary N) is 1. The highest BCUT2D eigenvalue weighted by atomic mass is 16.5. The van der Waals surface area contributed by atoms with Gasteiger partial charge in [-0.05, 0) is 44.5 Å². The number of likely N-dealkylation sites (tertiary alicyclic amines) is 1. The van der Waals surface area contributed by atoms with E-state index in [1.165, 1.54) is 16.8 Å². The highest BCUT2D eigenvalue weighted by molar-refractivity contribution is 5.94. The van der Waals surface area contributed by atoms with Gasteiger partial charge in [0.25, 0.3) is 11.5 Å². The number of rotatable bonds is 6. The zero-order valence-corrected chi connectivity index (χ0v) is 16.3. The molecule has 2 aromatic rings. The Morgan fingerprint density at radius 1 is 1.38 bits per heavy atom. The number of carbonyl (C=O) groups is 1. The largest absolute Gasteiger partial charge is 0.494 e. The number of H-pyrrole nitrogens is 1. The number of ether oxygens (including phenoxy) is 1. The maximum Gasteiger partial charge on any atom is 0.328 e. The van der Waals surface area contributed by atoms with Crippen LogP contribution in [0.25, 0.3) is 0 Å². The summed E-state index contributed by atoms with van der Waals surface area (Å²) in [7, 11) is 0. The Kier molecular flexibility index (Phi) is 6.19. The standard InChI is InChI=1S/C20H26N4O5/c1-20(28)13-23(9-6-16(20)24-10-7-17(25)22-19(24)27)18(26)14-4-2-5-15(12-14)29-11-3-8-21/h2,4-5,7,10,12,16,28H,3,6,8-9,11,13,21H2,1H3,(H,22,25,27)/t16-,20-/m1/s1. The van der Waals surface area contributed by atoms with Crippen molar-refractivity contribution in [2.24, 2.45) is 5.73 Å². The number of aromatic amines is 1. The van der Waals surface area contributed by atoms with Gasteiger partial charge in [-0.3, -0.25) is 19.1 Å². The minimum atomic E-state index is -1.34. The second kappa shape index (κ2) is 8.62. The van der Waals surface area contributed by atoms with E-state index >= 15 is 0 Å². The van der Waals surface area contributed by atoms with Crippen molar-refractivity contribution in [2.75, 3.05) is 26.2 Å². The Hall–Kier alpha value is -2.91. The average Bonchev–Trinajstić information content (AvgIpc) is 2.68. The van der Waals surface area contributed by atoms with Crippen LogP contribution in [0.2, 0.25) is 0 Å². The van der Waals surface area contributed by atoms with E-state index in [9.17, 15) is 19.5 Å². The molecule has 9 nitrogen and oxygen atoms in total. The molecule has 9 heteroatoms. The van der Waals surface area contributed by atoms with E-state index in [2.05, 4.69) is 4.98 Å². The molecule has 0 radical (unpaired) electrons. The van der Waals surface area contributed by atoms with Gasteiger partial charge in [0, 0.05) is 24.4 Å². The number of piperidine rings is 1. The van der Waals surface area contributed by atoms with Gasteiger partial charge in [-0.15, -0.1) is 0 Å². The summed E-state index contributed by atoms with van der Waals surface area (Å²) >= 11 is 0. The zero-order valence-electron chi connectivity index (χ0n) is 16.3. The lowest BCUT2D eigenvalue weighted by atomic mass is 9.88. The summed E-state index contributed by atoms with van der Waals surface area (Å²) in [5.74, 6) is 0.368. The molecule has 0 spiro atoms. The molecule has 1 aliphatic rings. The predicted octanol–water partition coefficient (Wildman–Crippen LogP) is 0.102. The summed E-state index contributed by atoms with van der Waals surface area (Å²) in [6.45, 7) is 3.01. The SMILES string of the molecule is C[C@@]1(O)CN(C(=O)c2cccc(OCCCN)c2)CC[C@H]1n1ccc(=O)[nH]c1=O. The van der Waals surface area contributed by atoms with Crippen molar-refractivity contribution in [3.8, 4) is 5.75 Å². The van der Waals surface area contributed by atoms with Crippen molar-refractivity contribution in [3.63, 3.8) is 0 Å². The maximum atomic E-state index is 12.9. The fraction of sp³-hybridized carbons (Fsp3) is 0.450. The normalized spacial score (nSPS) is 21.8. The van der Waals surface area contributed by atoms with E-state index in [1.54, 1.807) is 36.1 Å². The first kappa shape index (κ1) is 20.8. The molecule has 1 fully saturated rings. The zero-order chi connectivity index (χ0) is 21.0. The van der Waals surface area contributed by atoms with Gasteiger partial charge in [0.05, 0.1) is 19.2 Å². The molecular formula is C20H26N4O5. The van der Waals surface area contributed by atoms with Crippen LogP contribution in [0.5, 0.6) is 5.75 Å². The minimum absolute atomic E-state index is 0.0559. The Bertz CT molecular complexity index is 981. The van der Waals surface area contributed by atoms with Crippen LogP contribution >= 0.6 is 0 Å². The number of nitrogens with two attached hydrogens (primary N) is 1. The molecule has 156 valence electrons. The van der Waals surface area contributed by atoms with Gasteiger partial charge in [-0.1, -0.05) is 6.07 Å². The van der Waals surface area contributed by atoms with Crippen molar-refractivity contribution in [1.29, 1.82) is 0 Å². The first-order chi connectivity index (χ1) is 13.8. The summed E-state index contributed by atoms with van der Waals surface area (Å²) in [6.07, 6.45) is 2.47. The van der Waals surface area contributed by atoms with Gasteiger partial charge in [-0.25, -0.2) is 4.79 Å². The van der Waals surface area contributed by atoms with E-state index in [0.717, 1.165) is 6.42 Å². The number of hydrogen-bond acceptors (Lipinski definition) is 6. The van der Waals surface area contributed by atoms with Crippen LogP contribution in [0.4, 0.5) is 0 Å². The van der Waals surface area contributed by atoms with Crippen molar-refractivity contribution < 1.29 is 14.6 Å². The Morgan fingerprint density at radius 2 is 2.17 bits per heavy atom. The quantitative estimate of drug-likeness (QED) is 0.588. The molecule has 2 atom stereocenters. The fourth-order valence-electron chi connectivity index (χ4n) is 3.62. The monoisotopic (exact) mass is 402 g/mol. The van der Waals surface area contributed by atoms with Gasteiger partial charge in [0.2, 0.25) is 0 Å². The number of benzene rings is 1. The Balaban J connectivity index is 1.74. The molecule has 3 rings (SSSR count). The van der Waals surface area contributed by atoms with Gasteiger partial charge in [0.1, 0.15) is 11.4 Å². The van der Waals surface area contributed by atoms with Gasteiger partial charge in [0.15, 0.2) is 0 Å². The number of carbonyl (C=O) groups excluding carboxylic acids is 1. The molecule has 1 amide bonds. The molecule has 4 N–H and O–H groups in total. The molecule has 1 aromatic carbocycles. The second-order valence-corrected chi connectivity index (χ2v) is 7.42. The molecule has 0 saturated carbocycles. The number of amides is 1. The van der Waals surface area contributed by atoms with Crippen molar-refractivity contribution in [3.05, 3.63) is 62.9 Å². The van der Waals surface area contributed by atoms with E-state index in [4.69, 9.17) is 10.5 Å². The molecule has 29 heavy (non-hydrogen) atoms. The summed E-state index contributed by atoms with van der Waals surface area (Å²) < 4.78 is 6.91.